The third-order valence-corrected chi connectivity index (χ3v) is 4.80. The van der Waals surface area contributed by atoms with Crippen molar-refractivity contribution in [1.29, 1.82) is 0 Å². The van der Waals surface area contributed by atoms with Gasteiger partial charge in [-0.25, -0.2) is 0 Å². The summed E-state index contributed by atoms with van der Waals surface area (Å²) in [5, 5.41) is 12.7. The van der Waals surface area contributed by atoms with E-state index >= 15 is 0 Å². The highest BCUT2D eigenvalue weighted by Crippen LogP contribution is 2.22. The maximum absolute atomic E-state index is 11.7. The maximum Gasteiger partial charge on any atom is 0.268 e. The summed E-state index contributed by atoms with van der Waals surface area (Å²) >= 11 is 0. The number of likely N-dealkylation sites (N-methyl/N-ethyl adjacent to an activating group) is 1. The minimum Gasteiger partial charge on any atom is -0.352 e. The number of hydrogen-bond donors (Lipinski definition) is 0. The molecule has 0 spiro atoms. The Hall–Kier alpha value is -2.81. The summed E-state index contributed by atoms with van der Waals surface area (Å²) in [5.41, 5.74) is 1.59. The number of anilines is 1. The van der Waals surface area contributed by atoms with Gasteiger partial charge < -0.3 is 9.47 Å². The minimum atomic E-state index is -0.0806. The largest absolute Gasteiger partial charge is 0.352 e. The van der Waals surface area contributed by atoms with E-state index in [4.69, 9.17) is 0 Å². The van der Waals surface area contributed by atoms with Crippen LogP contribution in [0.15, 0.2) is 29.3 Å². The van der Waals surface area contributed by atoms with E-state index in [0.29, 0.717) is 12.6 Å². The van der Waals surface area contributed by atoms with Gasteiger partial charge in [0.25, 0.3) is 5.56 Å². The molecule has 130 valence electrons. The zero-order chi connectivity index (χ0) is 17.6. The predicted octanol–water partition coefficient (Wildman–Crippen LogP) is -0.153. The number of hydrogen-bond acceptors (Lipinski definition) is 7. The Balaban J connectivity index is 1.43. The summed E-state index contributed by atoms with van der Waals surface area (Å²) < 4.78 is 3.40. The lowest BCUT2D eigenvalue weighted by molar-refractivity contribution is 0.192. The third-order valence-electron chi connectivity index (χ3n) is 4.80. The Kier molecular flexibility index (Phi) is 3.72. The number of rotatable bonds is 4. The second-order valence-corrected chi connectivity index (χ2v) is 6.48. The van der Waals surface area contributed by atoms with Gasteiger partial charge in [0, 0.05) is 38.9 Å². The van der Waals surface area contributed by atoms with Gasteiger partial charge in [-0.15, -0.1) is 15.3 Å². The first-order valence-electron chi connectivity index (χ1n) is 8.17. The molecule has 3 aromatic rings. The van der Waals surface area contributed by atoms with Gasteiger partial charge in [0.05, 0.1) is 11.9 Å². The van der Waals surface area contributed by atoms with Gasteiger partial charge in [-0.05, 0) is 26.1 Å². The van der Waals surface area contributed by atoms with Crippen molar-refractivity contribution in [2.45, 2.75) is 19.5 Å². The van der Waals surface area contributed by atoms with Crippen LogP contribution in [-0.4, -0.2) is 60.4 Å². The van der Waals surface area contributed by atoms with Gasteiger partial charge in [-0.1, -0.05) is 0 Å². The fourth-order valence-electron chi connectivity index (χ4n) is 3.01. The second kappa shape index (κ2) is 5.92. The molecular formula is C16H20N8O. The summed E-state index contributed by atoms with van der Waals surface area (Å²) in [4.78, 5) is 20.1. The molecule has 1 fully saturated rings. The molecular weight excluding hydrogens is 320 g/mol. The van der Waals surface area contributed by atoms with E-state index in [2.05, 4.69) is 37.1 Å². The van der Waals surface area contributed by atoms with E-state index in [0.717, 1.165) is 36.1 Å². The number of nitrogens with zero attached hydrogens (tertiary/aromatic N) is 8. The topological polar surface area (TPSA) is 84.5 Å². The lowest BCUT2D eigenvalue weighted by Gasteiger charge is -2.44. The van der Waals surface area contributed by atoms with Gasteiger partial charge in [0.1, 0.15) is 5.82 Å². The summed E-state index contributed by atoms with van der Waals surface area (Å²) in [5.74, 6) is 1.71. The molecule has 0 atom stereocenters. The predicted molar refractivity (Wildman–Crippen MR) is 92.5 cm³/mol. The molecule has 0 aliphatic carbocycles. The van der Waals surface area contributed by atoms with Crippen LogP contribution in [0.3, 0.4) is 0 Å². The number of fused-ring (bicyclic) bond motifs is 1. The van der Waals surface area contributed by atoms with Crippen molar-refractivity contribution in [2.75, 3.05) is 25.0 Å². The molecule has 0 N–H and O–H groups in total. The SMILES string of the molecule is Cc1nnc2ccc(N3CC(N(C)Cc4cncc(=O)n4C)C3)nn12. The Morgan fingerprint density at radius 1 is 1.24 bits per heavy atom. The molecule has 1 aliphatic rings. The molecule has 0 radical (unpaired) electrons. The van der Waals surface area contributed by atoms with Crippen LogP contribution in [0.4, 0.5) is 5.82 Å². The van der Waals surface area contributed by atoms with Gasteiger partial charge in [0.15, 0.2) is 11.5 Å². The fourth-order valence-corrected chi connectivity index (χ4v) is 3.01. The van der Waals surface area contributed by atoms with Gasteiger partial charge in [-0.2, -0.15) is 4.52 Å². The van der Waals surface area contributed by atoms with Crippen molar-refractivity contribution < 1.29 is 0 Å². The van der Waals surface area contributed by atoms with Crippen LogP contribution < -0.4 is 10.5 Å². The van der Waals surface area contributed by atoms with Gasteiger partial charge in [0.2, 0.25) is 0 Å². The summed E-state index contributed by atoms with van der Waals surface area (Å²) in [6.45, 7) is 4.37. The van der Waals surface area contributed by atoms with Crippen LogP contribution in [0.1, 0.15) is 11.5 Å². The molecule has 9 heteroatoms. The van der Waals surface area contributed by atoms with E-state index in [9.17, 15) is 4.79 Å². The van der Waals surface area contributed by atoms with Gasteiger partial charge in [-0.3, -0.25) is 14.7 Å². The fraction of sp³-hybridized carbons (Fsp3) is 0.438. The Bertz CT molecular complexity index is 972. The molecule has 4 heterocycles. The van der Waals surface area contributed by atoms with Crippen molar-refractivity contribution in [3.63, 3.8) is 0 Å². The first kappa shape index (κ1) is 15.7. The molecule has 0 unspecified atom stereocenters. The maximum atomic E-state index is 11.7. The van der Waals surface area contributed by atoms with E-state index < -0.39 is 0 Å². The number of aromatic nitrogens is 6. The van der Waals surface area contributed by atoms with Crippen molar-refractivity contribution >= 4 is 11.5 Å². The van der Waals surface area contributed by atoms with Crippen molar-refractivity contribution in [3.05, 3.63) is 46.4 Å². The van der Waals surface area contributed by atoms with Crippen LogP contribution in [0.5, 0.6) is 0 Å². The Labute approximate surface area is 144 Å². The lowest BCUT2D eigenvalue weighted by Crippen LogP contribution is -2.58. The monoisotopic (exact) mass is 340 g/mol. The summed E-state index contributed by atoms with van der Waals surface area (Å²) in [6.07, 6.45) is 3.09. The second-order valence-electron chi connectivity index (χ2n) is 6.48. The zero-order valence-corrected chi connectivity index (χ0v) is 14.5. The normalized spacial score (nSPS) is 15.1. The van der Waals surface area contributed by atoms with E-state index in [1.165, 1.54) is 6.20 Å². The number of aryl methyl sites for hydroxylation is 1. The van der Waals surface area contributed by atoms with Crippen LogP contribution in [0, 0.1) is 6.92 Å². The smallest absolute Gasteiger partial charge is 0.268 e. The van der Waals surface area contributed by atoms with Gasteiger partial charge >= 0.3 is 0 Å². The molecule has 0 bridgehead atoms. The van der Waals surface area contributed by atoms with Crippen LogP contribution in [0.25, 0.3) is 5.65 Å². The average Bonchev–Trinajstić information content (AvgIpc) is 2.91. The van der Waals surface area contributed by atoms with Crippen LogP contribution in [0.2, 0.25) is 0 Å². The summed E-state index contributed by atoms with van der Waals surface area (Å²) in [7, 11) is 3.85. The zero-order valence-electron chi connectivity index (χ0n) is 14.5. The lowest BCUT2D eigenvalue weighted by atomic mass is 10.1. The van der Waals surface area contributed by atoms with E-state index in [1.807, 2.05) is 19.1 Å². The standard InChI is InChI=1S/C16H20N8O/c1-11-18-19-14-4-5-15(20-24(11)14)23-9-13(10-23)21(2)8-12-6-17-7-16(25)22(12)3/h4-7,13H,8-10H2,1-3H3. The quantitative estimate of drug-likeness (QED) is 0.653. The first-order chi connectivity index (χ1) is 12.0. The highest BCUT2D eigenvalue weighted by Gasteiger charge is 2.31. The molecule has 0 aromatic carbocycles. The molecule has 0 amide bonds. The molecule has 3 aromatic heterocycles. The molecule has 1 saturated heterocycles. The molecule has 1 aliphatic heterocycles. The van der Waals surface area contributed by atoms with Crippen LogP contribution >= 0.6 is 0 Å². The van der Waals surface area contributed by atoms with Crippen molar-refractivity contribution in [1.82, 2.24) is 34.3 Å². The molecule has 9 nitrogen and oxygen atoms in total. The minimum absolute atomic E-state index is 0.0806. The molecule has 4 rings (SSSR count). The third kappa shape index (κ3) is 2.76. The van der Waals surface area contributed by atoms with Crippen molar-refractivity contribution in [3.8, 4) is 0 Å². The first-order valence-corrected chi connectivity index (χ1v) is 8.17. The molecule has 0 saturated carbocycles. The van der Waals surface area contributed by atoms with Crippen molar-refractivity contribution in [2.24, 2.45) is 7.05 Å². The average molecular weight is 340 g/mol. The Morgan fingerprint density at radius 3 is 2.84 bits per heavy atom. The van der Waals surface area contributed by atoms with E-state index in [-0.39, 0.29) is 5.56 Å². The molecule has 25 heavy (non-hydrogen) atoms. The van der Waals surface area contributed by atoms with E-state index in [1.54, 1.807) is 22.3 Å². The highest BCUT2D eigenvalue weighted by molar-refractivity contribution is 5.47. The Morgan fingerprint density at radius 2 is 2.04 bits per heavy atom. The summed E-state index contributed by atoms with van der Waals surface area (Å²) in [6, 6.07) is 4.32. The van der Waals surface area contributed by atoms with Crippen LogP contribution in [-0.2, 0) is 13.6 Å². The highest BCUT2D eigenvalue weighted by atomic mass is 16.1.